The lowest BCUT2D eigenvalue weighted by Crippen LogP contribution is -2.43. The summed E-state index contributed by atoms with van der Waals surface area (Å²) < 4.78 is 22.4. The highest BCUT2D eigenvalue weighted by atomic mass is 32.2. The van der Waals surface area contributed by atoms with Crippen molar-refractivity contribution < 1.29 is 33.0 Å². The number of thioether (sulfide) groups is 1. The molecule has 0 aliphatic carbocycles. The standard InChI is InChI=1S/C10H15NO7S2/c12-8(11-7(10(15)16)3-9(13)14)4-19-6-1-2-20(17,18)5-6/h6-7H,1-5H2,(H,11,12)(H,13,14)(H,15,16)/t6?,7-/m1/s1. The van der Waals surface area contributed by atoms with Gasteiger partial charge in [-0.1, -0.05) is 0 Å². The zero-order valence-electron chi connectivity index (χ0n) is 10.4. The maximum atomic E-state index is 11.5. The Kier molecular flexibility index (Phi) is 5.81. The topological polar surface area (TPSA) is 138 Å². The first kappa shape index (κ1) is 16.8. The molecule has 0 saturated carbocycles. The lowest BCUT2D eigenvalue weighted by atomic mass is 10.2. The van der Waals surface area contributed by atoms with Crippen molar-refractivity contribution in [2.45, 2.75) is 24.1 Å². The first-order valence-corrected chi connectivity index (χ1v) is 8.62. The predicted molar refractivity (Wildman–Crippen MR) is 71.3 cm³/mol. The van der Waals surface area contributed by atoms with Crippen LogP contribution in [0.4, 0.5) is 0 Å². The highest BCUT2D eigenvalue weighted by molar-refractivity contribution is 8.02. The van der Waals surface area contributed by atoms with Gasteiger partial charge in [-0.3, -0.25) is 9.59 Å². The van der Waals surface area contributed by atoms with E-state index in [2.05, 4.69) is 5.32 Å². The zero-order chi connectivity index (χ0) is 15.3. The Morgan fingerprint density at radius 1 is 1.30 bits per heavy atom. The lowest BCUT2D eigenvalue weighted by molar-refractivity contribution is -0.147. The van der Waals surface area contributed by atoms with E-state index in [1.54, 1.807) is 0 Å². The van der Waals surface area contributed by atoms with E-state index in [0.717, 1.165) is 11.8 Å². The Morgan fingerprint density at radius 3 is 2.40 bits per heavy atom. The molecule has 1 fully saturated rings. The predicted octanol–water partition coefficient (Wildman–Crippen LogP) is -1.05. The summed E-state index contributed by atoms with van der Waals surface area (Å²) in [4.78, 5) is 32.7. The van der Waals surface area contributed by atoms with Gasteiger partial charge in [0.25, 0.3) is 0 Å². The Balaban J connectivity index is 2.39. The lowest BCUT2D eigenvalue weighted by Gasteiger charge is -2.13. The van der Waals surface area contributed by atoms with Gasteiger partial charge in [-0.2, -0.15) is 0 Å². The second-order valence-electron chi connectivity index (χ2n) is 4.39. The summed E-state index contributed by atoms with van der Waals surface area (Å²) in [5, 5.41) is 19.2. The number of carboxylic acid groups (broad SMARTS) is 2. The average Bonchev–Trinajstić information content (AvgIpc) is 2.65. The molecule has 1 heterocycles. The summed E-state index contributed by atoms with van der Waals surface area (Å²) in [5.74, 6) is -3.34. The molecule has 0 bridgehead atoms. The van der Waals surface area contributed by atoms with Crippen molar-refractivity contribution in [3.8, 4) is 0 Å². The van der Waals surface area contributed by atoms with Crippen molar-refractivity contribution in [3.05, 3.63) is 0 Å². The number of carboxylic acids is 2. The first-order valence-electron chi connectivity index (χ1n) is 5.75. The van der Waals surface area contributed by atoms with Crippen LogP contribution in [0.3, 0.4) is 0 Å². The van der Waals surface area contributed by atoms with Crippen LogP contribution in [0, 0.1) is 0 Å². The third-order valence-corrected chi connectivity index (χ3v) is 5.93. The SMILES string of the molecule is O=C(O)C[C@@H](NC(=O)CSC1CCS(=O)(=O)C1)C(=O)O. The van der Waals surface area contributed by atoms with Crippen molar-refractivity contribution in [1.29, 1.82) is 0 Å². The van der Waals surface area contributed by atoms with E-state index in [-0.39, 0.29) is 22.5 Å². The second-order valence-corrected chi connectivity index (χ2v) is 7.91. The summed E-state index contributed by atoms with van der Waals surface area (Å²) in [7, 11) is -3.02. The fraction of sp³-hybridized carbons (Fsp3) is 0.700. The molecule has 8 nitrogen and oxygen atoms in total. The van der Waals surface area contributed by atoms with Gasteiger partial charge in [-0.15, -0.1) is 11.8 Å². The Hall–Kier alpha value is -1.29. The molecular weight excluding hydrogens is 310 g/mol. The van der Waals surface area contributed by atoms with Gasteiger partial charge in [0.2, 0.25) is 5.91 Å². The van der Waals surface area contributed by atoms with Crippen molar-refractivity contribution in [1.82, 2.24) is 5.32 Å². The van der Waals surface area contributed by atoms with Crippen LogP contribution < -0.4 is 5.32 Å². The van der Waals surface area contributed by atoms with Gasteiger partial charge in [0.15, 0.2) is 9.84 Å². The van der Waals surface area contributed by atoms with Crippen molar-refractivity contribution in [3.63, 3.8) is 0 Å². The number of amides is 1. The van der Waals surface area contributed by atoms with Gasteiger partial charge in [0.05, 0.1) is 23.7 Å². The molecule has 0 aromatic carbocycles. The van der Waals surface area contributed by atoms with E-state index in [4.69, 9.17) is 10.2 Å². The highest BCUT2D eigenvalue weighted by Crippen LogP contribution is 2.23. The molecule has 0 spiro atoms. The molecule has 114 valence electrons. The fourth-order valence-corrected chi connectivity index (χ4v) is 5.15. The molecule has 1 aliphatic rings. The molecule has 1 rings (SSSR count). The van der Waals surface area contributed by atoms with Crippen molar-refractivity contribution in [2.75, 3.05) is 17.3 Å². The zero-order valence-corrected chi connectivity index (χ0v) is 12.1. The molecule has 10 heteroatoms. The summed E-state index contributed by atoms with van der Waals surface area (Å²) in [6.45, 7) is 0. The van der Waals surface area contributed by atoms with Crippen LogP contribution in [-0.4, -0.2) is 65.0 Å². The fourth-order valence-electron chi connectivity index (χ4n) is 1.70. The summed E-state index contributed by atoms with van der Waals surface area (Å²) >= 11 is 1.14. The van der Waals surface area contributed by atoms with Gasteiger partial charge < -0.3 is 15.5 Å². The average molecular weight is 325 g/mol. The molecular formula is C10H15NO7S2. The molecule has 0 aromatic heterocycles. The number of aliphatic carboxylic acids is 2. The summed E-state index contributed by atoms with van der Waals surface area (Å²) in [6, 6.07) is -1.48. The van der Waals surface area contributed by atoms with Gasteiger partial charge in [0, 0.05) is 5.25 Å². The number of carbonyl (C=O) groups is 3. The van der Waals surface area contributed by atoms with Crippen molar-refractivity contribution in [2.24, 2.45) is 0 Å². The largest absolute Gasteiger partial charge is 0.481 e. The molecule has 0 radical (unpaired) electrons. The van der Waals surface area contributed by atoms with Crippen LogP contribution in [-0.2, 0) is 24.2 Å². The minimum Gasteiger partial charge on any atom is -0.481 e. The van der Waals surface area contributed by atoms with Gasteiger partial charge in [0.1, 0.15) is 6.04 Å². The molecule has 0 aromatic rings. The third kappa shape index (κ3) is 5.78. The number of hydrogen-bond acceptors (Lipinski definition) is 6. The van der Waals surface area contributed by atoms with E-state index in [1.165, 1.54) is 0 Å². The number of sulfone groups is 1. The van der Waals surface area contributed by atoms with Crippen LogP contribution in [0.15, 0.2) is 0 Å². The normalized spacial score (nSPS) is 22.1. The van der Waals surface area contributed by atoms with E-state index in [9.17, 15) is 22.8 Å². The van der Waals surface area contributed by atoms with E-state index in [0.29, 0.717) is 6.42 Å². The number of carbonyl (C=O) groups excluding carboxylic acids is 1. The van der Waals surface area contributed by atoms with E-state index < -0.39 is 40.1 Å². The molecule has 3 N–H and O–H groups in total. The van der Waals surface area contributed by atoms with Gasteiger partial charge >= 0.3 is 11.9 Å². The smallest absolute Gasteiger partial charge is 0.326 e. The molecule has 20 heavy (non-hydrogen) atoms. The molecule has 2 atom stereocenters. The van der Waals surface area contributed by atoms with Gasteiger partial charge in [-0.05, 0) is 6.42 Å². The third-order valence-electron chi connectivity index (χ3n) is 2.65. The summed E-state index contributed by atoms with van der Waals surface area (Å²) in [6.07, 6.45) is -0.235. The van der Waals surface area contributed by atoms with Crippen LogP contribution in [0.2, 0.25) is 0 Å². The Bertz CT molecular complexity index is 502. The maximum absolute atomic E-state index is 11.5. The second kappa shape index (κ2) is 6.93. The number of rotatable bonds is 7. The monoisotopic (exact) mass is 325 g/mol. The maximum Gasteiger partial charge on any atom is 0.326 e. The van der Waals surface area contributed by atoms with Crippen LogP contribution in [0.25, 0.3) is 0 Å². The van der Waals surface area contributed by atoms with E-state index in [1.807, 2.05) is 0 Å². The molecule has 1 aliphatic heterocycles. The summed E-state index contributed by atoms with van der Waals surface area (Å²) in [5.41, 5.74) is 0. The van der Waals surface area contributed by atoms with Crippen LogP contribution in [0.5, 0.6) is 0 Å². The Morgan fingerprint density at radius 2 is 1.95 bits per heavy atom. The first-order chi connectivity index (χ1) is 9.19. The molecule has 1 amide bonds. The Labute approximate surface area is 119 Å². The number of nitrogens with one attached hydrogen (secondary N) is 1. The number of hydrogen-bond donors (Lipinski definition) is 3. The quantitative estimate of drug-likeness (QED) is 0.539. The molecule has 1 unspecified atom stereocenters. The minimum atomic E-state index is -3.02. The van der Waals surface area contributed by atoms with Crippen molar-refractivity contribution >= 4 is 39.4 Å². The highest BCUT2D eigenvalue weighted by Gasteiger charge is 2.29. The van der Waals surface area contributed by atoms with E-state index >= 15 is 0 Å². The van der Waals surface area contributed by atoms with Gasteiger partial charge in [-0.25, -0.2) is 13.2 Å². The molecule has 1 saturated heterocycles. The van der Waals surface area contributed by atoms with Crippen LogP contribution in [0.1, 0.15) is 12.8 Å². The van der Waals surface area contributed by atoms with Crippen LogP contribution >= 0.6 is 11.8 Å². The minimum absolute atomic E-state index is 0.0163.